The second-order valence-electron chi connectivity index (χ2n) is 2.32. The molecule has 0 aliphatic carbocycles. The summed E-state index contributed by atoms with van der Waals surface area (Å²) in [5.41, 5.74) is 4.51. The highest BCUT2D eigenvalue weighted by Gasteiger charge is 2.27. The predicted octanol–water partition coefficient (Wildman–Crippen LogP) is 2.11. The summed E-state index contributed by atoms with van der Waals surface area (Å²) in [5, 5.41) is 10.4. The third-order valence-electron chi connectivity index (χ3n) is 1.40. The van der Waals surface area contributed by atoms with Gasteiger partial charge in [-0.3, -0.25) is 0 Å². The molecule has 0 saturated heterocycles. The first kappa shape index (κ1) is 11.0. The van der Waals surface area contributed by atoms with Crippen LogP contribution >= 0.6 is 22.6 Å². The lowest BCUT2D eigenvalue weighted by Crippen LogP contribution is -2.04. The summed E-state index contributed by atoms with van der Waals surface area (Å²) in [6, 6.07) is 1.16. The SMILES string of the molecule is Nc1cc(I)c(C(F)F)c([N+](=O)[O-])n1. The van der Waals surface area contributed by atoms with E-state index in [9.17, 15) is 18.9 Å². The summed E-state index contributed by atoms with van der Waals surface area (Å²) in [6.45, 7) is 0. The van der Waals surface area contributed by atoms with E-state index in [1.54, 1.807) is 22.6 Å². The molecule has 0 saturated carbocycles. The minimum atomic E-state index is -2.93. The molecular weight excluding hydrogens is 311 g/mol. The normalized spacial score (nSPS) is 10.6. The molecule has 76 valence electrons. The molecule has 1 heterocycles. The van der Waals surface area contributed by atoms with E-state index in [0.717, 1.165) is 6.07 Å². The van der Waals surface area contributed by atoms with E-state index < -0.39 is 22.7 Å². The van der Waals surface area contributed by atoms with Crippen molar-refractivity contribution >= 4 is 34.2 Å². The fraction of sp³-hybridized carbons (Fsp3) is 0.167. The minimum absolute atomic E-state index is 0.0387. The van der Waals surface area contributed by atoms with Crippen molar-refractivity contribution < 1.29 is 13.7 Å². The van der Waals surface area contributed by atoms with Crippen LogP contribution in [-0.4, -0.2) is 9.91 Å². The zero-order chi connectivity index (χ0) is 10.9. The van der Waals surface area contributed by atoms with Gasteiger partial charge in [-0.2, -0.15) is 0 Å². The Morgan fingerprint density at radius 3 is 2.64 bits per heavy atom. The van der Waals surface area contributed by atoms with Crippen molar-refractivity contribution in [3.63, 3.8) is 0 Å². The quantitative estimate of drug-likeness (QED) is 0.515. The topological polar surface area (TPSA) is 82.0 Å². The lowest BCUT2D eigenvalue weighted by Gasteiger charge is -2.03. The Balaban J connectivity index is 3.44. The summed E-state index contributed by atoms with van der Waals surface area (Å²) >= 11 is 1.56. The number of nitro groups is 1. The third kappa shape index (κ3) is 2.05. The maximum Gasteiger partial charge on any atom is 0.375 e. The fourth-order valence-electron chi connectivity index (χ4n) is 0.870. The number of nitrogen functional groups attached to an aromatic ring is 1. The largest absolute Gasteiger partial charge is 0.375 e. The Hall–Kier alpha value is -1.06. The van der Waals surface area contributed by atoms with Crippen LogP contribution in [0.25, 0.3) is 0 Å². The number of nitrogens with zero attached hydrogens (tertiary/aromatic N) is 2. The first-order valence-corrected chi connectivity index (χ1v) is 4.39. The number of alkyl halides is 2. The zero-order valence-corrected chi connectivity index (χ0v) is 8.73. The van der Waals surface area contributed by atoms with Gasteiger partial charge in [-0.25, -0.2) is 8.78 Å². The van der Waals surface area contributed by atoms with Crippen LogP contribution in [0.2, 0.25) is 0 Å². The van der Waals surface area contributed by atoms with Crippen LogP contribution in [0.5, 0.6) is 0 Å². The number of hydrogen-bond acceptors (Lipinski definition) is 4. The molecule has 0 aromatic carbocycles. The van der Waals surface area contributed by atoms with Gasteiger partial charge in [0.15, 0.2) is 0 Å². The number of anilines is 1. The highest BCUT2D eigenvalue weighted by atomic mass is 127. The van der Waals surface area contributed by atoms with E-state index in [2.05, 4.69) is 4.98 Å². The molecule has 0 fully saturated rings. The number of rotatable bonds is 2. The van der Waals surface area contributed by atoms with Crippen molar-refractivity contribution in [2.24, 2.45) is 0 Å². The van der Waals surface area contributed by atoms with Gasteiger partial charge in [0.05, 0.1) is 0 Å². The maximum absolute atomic E-state index is 12.4. The van der Waals surface area contributed by atoms with E-state index in [1.165, 1.54) is 0 Å². The van der Waals surface area contributed by atoms with Gasteiger partial charge in [0.25, 0.3) is 6.43 Å². The Kier molecular flexibility index (Phi) is 3.13. The lowest BCUT2D eigenvalue weighted by atomic mass is 10.2. The maximum atomic E-state index is 12.4. The molecule has 0 amide bonds. The third-order valence-corrected chi connectivity index (χ3v) is 2.29. The van der Waals surface area contributed by atoms with Gasteiger partial charge < -0.3 is 15.8 Å². The average molecular weight is 315 g/mol. The molecule has 2 N–H and O–H groups in total. The number of pyridine rings is 1. The van der Waals surface area contributed by atoms with Gasteiger partial charge in [0.1, 0.15) is 5.56 Å². The van der Waals surface area contributed by atoms with Crippen molar-refractivity contribution in [3.05, 3.63) is 25.3 Å². The minimum Gasteiger partial charge on any atom is -0.363 e. The van der Waals surface area contributed by atoms with Crippen molar-refractivity contribution in [2.45, 2.75) is 6.43 Å². The van der Waals surface area contributed by atoms with E-state index in [4.69, 9.17) is 5.73 Å². The molecular formula is C6H4F2IN3O2. The first-order valence-electron chi connectivity index (χ1n) is 3.32. The van der Waals surface area contributed by atoms with Gasteiger partial charge in [-0.15, -0.1) is 0 Å². The van der Waals surface area contributed by atoms with E-state index >= 15 is 0 Å². The van der Waals surface area contributed by atoms with Crippen molar-refractivity contribution in [1.29, 1.82) is 0 Å². The highest BCUT2D eigenvalue weighted by molar-refractivity contribution is 14.1. The Bertz CT molecular complexity index is 386. The Labute approximate surface area is 90.6 Å². The molecule has 0 bridgehead atoms. The predicted molar refractivity (Wildman–Crippen MR) is 53.0 cm³/mol. The first-order chi connectivity index (χ1) is 6.43. The van der Waals surface area contributed by atoms with Gasteiger partial charge >= 0.3 is 5.82 Å². The van der Waals surface area contributed by atoms with Crippen LogP contribution in [0, 0.1) is 13.7 Å². The number of hydrogen-bond donors (Lipinski definition) is 1. The second kappa shape index (κ2) is 3.98. The standard InChI is InChI=1S/C6H4F2IN3O2/c7-5(8)4-2(9)1-3(10)11-6(4)12(13)14/h1,5H,(H2,10,11). The molecule has 5 nitrogen and oxygen atoms in total. The highest BCUT2D eigenvalue weighted by Crippen LogP contribution is 2.32. The fourth-order valence-corrected chi connectivity index (χ4v) is 1.67. The van der Waals surface area contributed by atoms with Crippen LogP contribution in [0.4, 0.5) is 20.4 Å². The summed E-state index contributed by atoms with van der Waals surface area (Å²) < 4.78 is 24.8. The molecule has 14 heavy (non-hydrogen) atoms. The van der Waals surface area contributed by atoms with Crippen molar-refractivity contribution in [2.75, 3.05) is 5.73 Å². The van der Waals surface area contributed by atoms with Gasteiger partial charge in [0.2, 0.25) is 5.82 Å². The molecule has 0 atom stereocenters. The molecule has 8 heteroatoms. The van der Waals surface area contributed by atoms with Gasteiger partial charge in [0, 0.05) is 9.64 Å². The smallest absolute Gasteiger partial charge is 0.363 e. The molecule has 1 aromatic rings. The van der Waals surface area contributed by atoms with Crippen LogP contribution in [0.1, 0.15) is 12.0 Å². The molecule has 0 aliphatic heterocycles. The number of halogens is 3. The summed E-state index contributed by atoms with van der Waals surface area (Å²) in [7, 11) is 0. The van der Waals surface area contributed by atoms with E-state index in [0.29, 0.717) is 0 Å². The Morgan fingerprint density at radius 1 is 1.64 bits per heavy atom. The summed E-state index contributed by atoms with van der Waals surface area (Å²) in [5.74, 6) is -1.03. The average Bonchev–Trinajstić information content (AvgIpc) is 2.01. The van der Waals surface area contributed by atoms with Crippen LogP contribution < -0.4 is 5.73 Å². The van der Waals surface area contributed by atoms with Gasteiger partial charge in [-0.05, 0) is 32.5 Å². The Morgan fingerprint density at radius 2 is 2.21 bits per heavy atom. The molecule has 1 rings (SSSR count). The zero-order valence-electron chi connectivity index (χ0n) is 6.58. The molecule has 0 aliphatic rings. The lowest BCUT2D eigenvalue weighted by molar-refractivity contribution is -0.391. The molecule has 0 spiro atoms. The van der Waals surface area contributed by atoms with Crippen molar-refractivity contribution in [1.82, 2.24) is 4.98 Å². The summed E-state index contributed by atoms with van der Waals surface area (Å²) in [4.78, 5) is 12.7. The monoisotopic (exact) mass is 315 g/mol. The molecule has 0 radical (unpaired) electrons. The van der Waals surface area contributed by atoms with E-state index in [1.807, 2.05) is 0 Å². The molecule has 1 aromatic heterocycles. The van der Waals surface area contributed by atoms with Crippen LogP contribution in [0.3, 0.4) is 0 Å². The van der Waals surface area contributed by atoms with Gasteiger partial charge in [-0.1, -0.05) is 0 Å². The summed E-state index contributed by atoms with van der Waals surface area (Å²) in [6.07, 6.45) is -2.93. The van der Waals surface area contributed by atoms with Crippen LogP contribution in [0.15, 0.2) is 6.07 Å². The number of nitrogens with two attached hydrogens (primary N) is 1. The molecule has 0 unspecified atom stereocenters. The van der Waals surface area contributed by atoms with Crippen LogP contribution in [-0.2, 0) is 0 Å². The second-order valence-corrected chi connectivity index (χ2v) is 3.49. The number of aromatic nitrogens is 1. The van der Waals surface area contributed by atoms with E-state index in [-0.39, 0.29) is 9.39 Å². The van der Waals surface area contributed by atoms with Crippen molar-refractivity contribution in [3.8, 4) is 0 Å².